The van der Waals surface area contributed by atoms with Gasteiger partial charge in [-0.25, -0.2) is 0 Å². The van der Waals surface area contributed by atoms with Crippen molar-refractivity contribution in [3.8, 4) is 0 Å². The average Bonchev–Trinajstić information content (AvgIpc) is 2.36. The third-order valence-electron chi connectivity index (χ3n) is 3.32. The maximum Gasteiger partial charge on any atom is 0.239 e. The van der Waals surface area contributed by atoms with Crippen molar-refractivity contribution in [2.45, 2.75) is 44.2 Å². The van der Waals surface area contributed by atoms with Crippen LogP contribution in [0.1, 0.15) is 32.1 Å². The molecule has 0 spiro atoms. The fraction of sp³-hybridized carbons (Fsp3) is 0.917. The second kappa shape index (κ2) is 7.95. The topological polar surface area (TPSA) is 66.6 Å². The Morgan fingerprint density at radius 1 is 1.59 bits per heavy atom. The molecule has 0 radical (unpaired) electrons. The van der Waals surface area contributed by atoms with Gasteiger partial charge >= 0.3 is 0 Å². The zero-order valence-electron chi connectivity index (χ0n) is 10.6. The maximum atomic E-state index is 12.2. The van der Waals surface area contributed by atoms with Gasteiger partial charge in [0.05, 0.1) is 6.04 Å². The maximum absolute atomic E-state index is 12.2. The zero-order chi connectivity index (χ0) is 12.7. The van der Waals surface area contributed by atoms with Gasteiger partial charge in [0.15, 0.2) is 0 Å². The van der Waals surface area contributed by atoms with Gasteiger partial charge in [0, 0.05) is 19.2 Å². The minimum absolute atomic E-state index is 0.0669. The first kappa shape index (κ1) is 14.8. The number of likely N-dealkylation sites (tertiary alicyclic amines) is 1. The molecular weight excluding hydrogens is 236 g/mol. The summed E-state index contributed by atoms with van der Waals surface area (Å²) in [6.45, 7) is 0.949. The van der Waals surface area contributed by atoms with Gasteiger partial charge in [-0.3, -0.25) is 4.79 Å². The van der Waals surface area contributed by atoms with Crippen LogP contribution in [0.5, 0.6) is 0 Å². The lowest BCUT2D eigenvalue weighted by molar-refractivity contribution is -0.136. The van der Waals surface area contributed by atoms with Crippen LogP contribution in [0.25, 0.3) is 0 Å². The van der Waals surface area contributed by atoms with E-state index in [1.165, 1.54) is 0 Å². The number of carbonyl (C=O) groups excluding carboxylic acids is 1. The van der Waals surface area contributed by atoms with Crippen LogP contribution in [0.2, 0.25) is 0 Å². The lowest BCUT2D eigenvalue weighted by atomic mass is 9.98. The second-order valence-electron chi connectivity index (χ2n) is 4.58. The summed E-state index contributed by atoms with van der Waals surface area (Å²) < 4.78 is 0. The highest BCUT2D eigenvalue weighted by Gasteiger charge is 2.29. The summed E-state index contributed by atoms with van der Waals surface area (Å²) in [5.41, 5.74) is 5.93. The smallest absolute Gasteiger partial charge is 0.239 e. The summed E-state index contributed by atoms with van der Waals surface area (Å²) in [6.07, 6.45) is 6.65. The first-order valence-corrected chi connectivity index (χ1v) is 7.76. The summed E-state index contributed by atoms with van der Waals surface area (Å²) in [6, 6.07) is -0.177. The van der Waals surface area contributed by atoms with Gasteiger partial charge in [-0.05, 0) is 44.1 Å². The van der Waals surface area contributed by atoms with Crippen molar-refractivity contribution >= 4 is 17.7 Å². The summed E-state index contributed by atoms with van der Waals surface area (Å²) in [7, 11) is 0. The third-order valence-corrected chi connectivity index (χ3v) is 3.97. The minimum Gasteiger partial charge on any atom is -0.396 e. The molecule has 3 N–H and O–H groups in total. The van der Waals surface area contributed by atoms with Crippen LogP contribution in [0, 0.1) is 0 Å². The Kier molecular flexibility index (Phi) is 6.92. The molecule has 0 aromatic heterocycles. The molecule has 1 saturated heterocycles. The number of aliphatic hydroxyl groups is 1. The molecule has 0 aliphatic carbocycles. The molecule has 0 bridgehead atoms. The molecule has 4 nitrogen and oxygen atoms in total. The number of piperidine rings is 1. The standard InChI is InChI=1S/C12H24N2O2S/c1-17-9-6-11(13)12(16)14-7-3-2-4-10(14)5-8-15/h10-11,15H,2-9,13H2,1H3/t10?,11-/m1/s1. The van der Waals surface area contributed by atoms with Crippen molar-refractivity contribution < 1.29 is 9.90 Å². The first-order valence-electron chi connectivity index (χ1n) is 6.36. The highest BCUT2D eigenvalue weighted by Crippen LogP contribution is 2.20. The van der Waals surface area contributed by atoms with E-state index in [0.29, 0.717) is 6.42 Å². The number of carbonyl (C=O) groups is 1. The summed E-state index contributed by atoms with van der Waals surface area (Å²) in [5, 5.41) is 9.03. The van der Waals surface area contributed by atoms with Crippen LogP contribution in [-0.4, -0.2) is 53.2 Å². The summed E-state index contributed by atoms with van der Waals surface area (Å²) in [4.78, 5) is 14.1. The highest BCUT2D eigenvalue weighted by atomic mass is 32.2. The van der Waals surface area contributed by atoms with Gasteiger partial charge in [0.25, 0.3) is 0 Å². The van der Waals surface area contributed by atoms with Crippen molar-refractivity contribution in [1.82, 2.24) is 4.90 Å². The largest absolute Gasteiger partial charge is 0.396 e. The van der Waals surface area contributed by atoms with E-state index in [1.807, 2.05) is 11.2 Å². The van der Waals surface area contributed by atoms with Crippen molar-refractivity contribution in [3.63, 3.8) is 0 Å². The second-order valence-corrected chi connectivity index (χ2v) is 5.57. The van der Waals surface area contributed by atoms with Crippen molar-refractivity contribution in [2.24, 2.45) is 5.73 Å². The summed E-state index contributed by atoms with van der Waals surface area (Å²) >= 11 is 1.71. The number of amides is 1. The van der Waals surface area contributed by atoms with Crippen LogP contribution in [0.3, 0.4) is 0 Å². The molecule has 0 aromatic rings. The molecule has 1 amide bonds. The molecule has 1 heterocycles. The van der Waals surface area contributed by atoms with Gasteiger partial charge in [-0.1, -0.05) is 0 Å². The molecule has 100 valence electrons. The molecule has 1 unspecified atom stereocenters. The molecule has 17 heavy (non-hydrogen) atoms. The van der Waals surface area contributed by atoms with E-state index in [-0.39, 0.29) is 24.6 Å². The lowest BCUT2D eigenvalue weighted by Crippen LogP contribution is -2.51. The number of hydrogen-bond donors (Lipinski definition) is 2. The van der Waals surface area contributed by atoms with Crippen molar-refractivity contribution in [2.75, 3.05) is 25.2 Å². The molecule has 1 fully saturated rings. The Morgan fingerprint density at radius 2 is 2.35 bits per heavy atom. The Morgan fingerprint density at radius 3 is 3.00 bits per heavy atom. The van der Waals surface area contributed by atoms with Gasteiger partial charge in [0.1, 0.15) is 0 Å². The Balaban J connectivity index is 2.51. The Hall–Kier alpha value is -0.260. The molecule has 2 atom stereocenters. The van der Waals surface area contributed by atoms with Crippen LogP contribution in [0.15, 0.2) is 0 Å². The fourth-order valence-electron chi connectivity index (χ4n) is 2.32. The Labute approximate surface area is 108 Å². The van der Waals surface area contributed by atoms with E-state index in [2.05, 4.69) is 0 Å². The van der Waals surface area contributed by atoms with Crippen molar-refractivity contribution in [3.05, 3.63) is 0 Å². The van der Waals surface area contributed by atoms with Crippen LogP contribution in [-0.2, 0) is 4.79 Å². The van der Waals surface area contributed by atoms with E-state index in [0.717, 1.165) is 38.0 Å². The molecule has 0 aromatic carbocycles. The predicted octanol–water partition coefficient (Wildman–Crippen LogP) is 0.830. The van der Waals surface area contributed by atoms with E-state index in [9.17, 15) is 4.79 Å². The lowest BCUT2D eigenvalue weighted by Gasteiger charge is -2.37. The average molecular weight is 260 g/mol. The van der Waals surface area contributed by atoms with E-state index in [4.69, 9.17) is 10.8 Å². The van der Waals surface area contributed by atoms with Crippen LogP contribution in [0.4, 0.5) is 0 Å². The first-order chi connectivity index (χ1) is 8.20. The number of thioether (sulfide) groups is 1. The van der Waals surface area contributed by atoms with E-state index in [1.54, 1.807) is 11.8 Å². The quantitative estimate of drug-likeness (QED) is 0.742. The van der Waals surface area contributed by atoms with Gasteiger partial charge < -0.3 is 15.7 Å². The van der Waals surface area contributed by atoms with Gasteiger partial charge in [0.2, 0.25) is 5.91 Å². The number of rotatable bonds is 6. The van der Waals surface area contributed by atoms with Gasteiger partial charge in [-0.2, -0.15) is 11.8 Å². The summed E-state index contributed by atoms with van der Waals surface area (Å²) in [5.74, 6) is 0.989. The number of aliphatic hydroxyl groups excluding tert-OH is 1. The normalized spacial score (nSPS) is 22.5. The number of nitrogens with two attached hydrogens (primary N) is 1. The molecule has 1 aliphatic rings. The molecule has 1 aliphatic heterocycles. The fourth-order valence-corrected chi connectivity index (χ4v) is 2.81. The van der Waals surface area contributed by atoms with E-state index < -0.39 is 0 Å². The molecule has 1 rings (SSSR count). The molecular formula is C12H24N2O2S. The minimum atomic E-state index is -0.373. The SMILES string of the molecule is CSCC[C@@H](N)C(=O)N1CCCCC1CCO. The zero-order valence-corrected chi connectivity index (χ0v) is 11.4. The molecule has 5 heteroatoms. The number of hydrogen-bond acceptors (Lipinski definition) is 4. The monoisotopic (exact) mass is 260 g/mol. The third kappa shape index (κ3) is 4.48. The van der Waals surface area contributed by atoms with Crippen molar-refractivity contribution in [1.29, 1.82) is 0 Å². The number of nitrogens with zero attached hydrogens (tertiary/aromatic N) is 1. The van der Waals surface area contributed by atoms with E-state index >= 15 is 0 Å². The van der Waals surface area contributed by atoms with Gasteiger partial charge in [-0.15, -0.1) is 0 Å². The van der Waals surface area contributed by atoms with Crippen LogP contribution < -0.4 is 5.73 Å². The highest BCUT2D eigenvalue weighted by molar-refractivity contribution is 7.98. The predicted molar refractivity (Wildman–Crippen MR) is 72.0 cm³/mol. The Bertz CT molecular complexity index is 237. The molecule has 0 saturated carbocycles. The van der Waals surface area contributed by atoms with Crippen LogP contribution >= 0.6 is 11.8 Å².